The van der Waals surface area contributed by atoms with Crippen LogP contribution in [0.25, 0.3) is 0 Å². The average Bonchev–Trinajstić information content (AvgIpc) is 2.60. The van der Waals surface area contributed by atoms with Crippen molar-refractivity contribution in [3.63, 3.8) is 0 Å². The van der Waals surface area contributed by atoms with Crippen molar-refractivity contribution in [3.05, 3.63) is 64.4 Å². The number of rotatable bonds is 1. The minimum Gasteiger partial charge on any atom is -0.383 e. The molecule has 0 saturated heterocycles. The number of nitrogens with one attached hydrogen (secondary N) is 2. The molecule has 98 valence electrons. The van der Waals surface area contributed by atoms with Gasteiger partial charge in [0.05, 0.1) is 6.04 Å². The molecule has 0 radical (unpaired) electrons. The van der Waals surface area contributed by atoms with E-state index in [-0.39, 0.29) is 11.9 Å². The summed E-state index contributed by atoms with van der Waals surface area (Å²) in [5.74, 6) is -0.222. The second-order valence-corrected chi connectivity index (χ2v) is 5.04. The van der Waals surface area contributed by atoms with E-state index in [2.05, 4.69) is 10.6 Å². The number of hydrogen-bond acceptors (Lipinski definition) is 2. The Kier molecular flexibility index (Phi) is 3.40. The van der Waals surface area contributed by atoms with Crippen LogP contribution in [0.4, 0.5) is 10.1 Å². The topological polar surface area (TPSA) is 24.1 Å². The molecule has 3 rings (SSSR count). The second kappa shape index (κ2) is 5.19. The van der Waals surface area contributed by atoms with Gasteiger partial charge in [-0.25, -0.2) is 4.39 Å². The van der Waals surface area contributed by atoms with Crippen LogP contribution >= 0.6 is 11.6 Å². The van der Waals surface area contributed by atoms with Crippen molar-refractivity contribution in [1.29, 1.82) is 0 Å². The standard InChI is InChI=1S/C15H14ClFN2/c16-11-4-5-14-13(9-11)15(19-7-6-18-14)10-2-1-3-12(17)8-10/h1-5,8-9,15,18-19H,6-7H2. The van der Waals surface area contributed by atoms with Gasteiger partial charge in [0.1, 0.15) is 5.82 Å². The summed E-state index contributed by atoms with van der Waals surface area (Å²) in [6.07, 6.45) is 0. The van der Waals surface area contributed by atoms with E-state index in [0.717, 1.165) is 29.9 Å². The van der Waals surface area contributed by atoms with E-state index < -0.39 is 0 Å². The van der Waals surface area contributed by atoms with E-state index in [1.807, 2.05) is 24.3 Å². The highest BCUT2D eigenvalue weighted by molar-refractivity contribution is 6.30. The summed E-state index contributed by atoms with van der Waals surface area (Å²) >= 11 is 6.08. The molecule has 1 heterocycles. The Morgan fingerprint density at radius 3 is 2.84 bits per heavy atom. The summed E-state index contributed by atoms with van der Waals surface area (Å²) in [5.41, 5.74) is 3.01. The molecule has 2 nitrogen and oxygen atoms in total. The SMILES string of the molecule is Fc1cccc(C2NCCNc3ccc(Cl)cc32)c1. The molecule has 2 N–H and O–H groups in total. The first-order valence-corrected chi connectivity index (χ1v) is 6.64. The Labute approximate surface area is 116 Å². The molecule has 0 aromatic heterocycles. The maximum atomic E-state index is 13.4. The fourth-order valence-electron chi connectivity index (χ4n) is 2.44. The molecule has 4 heteroatoms. The highest BCUT2D eigenvalue weighted by Gasteiger charge is 2.20. The van der Waals surface area contributed by atoms with Gasteiger partial charge in [-0.05, 0) is 41.5 Å². The van der Waals surface area contributed by atoms with E-state index in [1.165, 1.54) is 6.07 Å². The van der Waals surface area contributed by atoms with E-state index in [1.54, 1.807) is 12.1 Å². The Bertz CT molecular complexity index is 600. The van der Waals surface area contributed by atoms with Gasteiger partial charge in [0.25, 0.3) is 0 Å². The van der Waals surface area contributed by atoms with Crippen LogP contribution in [0.15, 0.2) is 42.5 Å². The predicted molar refractivity (Wildman–Crippen MR) is 76.2 cm³/mol. The van der Waals surface area contributed by atoms with Crippen LogP contribution in [0.2, 0.25) is 5.02 Å². The fraction of sp³-hybridized carbons (Fsp3) is 0.200. The largest absolute Gasteiger partial charge is 0.383 e. The minimum absolute atomic E-state index is 0.0422. The predicted octanol–water partition coefficient (Wildman–Crippen LogP) is 3.58. The van der Waals surface area contributed by atoms with Crippen molar-refractivity contribution in [1.82, 2.24) is 5.32 Å². The quantitative estimate of drug-likeness (QED) is 0.832. The van der Waals surface area contributed by atoms with Gasteiger partial charge in [0.15, 0.2) is 0 Å². The van der Waals surface area contributed by atoms with Crippen molar-refractivity contribution < 1.29 is 4.39 Å². The third-order valence-corrected chi connectivity index (χ3v) is 3.53. The maximum Gasteiger partial charge on any atom is 0.123 e. The third kappa shape index (κ3) is 2.57. The molecule has 2 aromatic rings. The number of halogens is 2. The third-order valence-electron chi connectivity index (χ3n) is 3.30. The summed E-state index contributed by atoms with van der Waals surface area (Å²) in [4.78, 5) is 0. The highest BCUT2D eigenvalue weighted by Crippen LogP contribution is 2.32. The van der Waals surface area contributed by atoms with Gasteiger partial charge in [-0.3, -0.25) is 0 Å². The van der Waals surface area contributed by atoms with Gasteiger partial charge in [-0.15, -0.1) is 0 Å². The molecule has 1 aliphatic rings. The number of fused-ring (bicyclic) bond motifs is 1. The van der Waals surface area contributed by atoms with Gasteiger partial charge in [0, 0.05) is 23.8 Å². The van der Waals surface area contributed by atoms with E-state index >= 15 is 0 Å². The summed E-state index contributed by atoms with van der Waals surface area (Å²) < 4.78 is 13.4. The number of benzene rings is 2. The molecule has 0 saturated carbocycles. The van der Waals surface area contributed by atoms with Crippen LogP contribution in [0.3, 0.4) is 0 Å². The molecule has 19 heavy (non-hydrogen) atoms. The lowest BCUT2D eigenvalue weighted by atomic mass is 9.97. The zero-order chi connectivity index (χ0) is 13.2. The molecule has 0 amide bonds. The second-order valence-electron chi connectivity index (χ2n) is 4.60. The maximum absolute atomic E-state index is 13.4. The average molecular weight is 277 g/mol. The van der Waals surface area contributed by atoms with E-state index in [4.69, 9.17) is 11.6 Å². The molecule has 2 aromatic carbocycles. The van der Waals surface area contributed by atoms with Crippen molar-refractivity contribution in [3.8, 4) is 0 Å². The molecule has 0 spiro atoms. The van der Waals surface area contributed by atoms with Gasteiger partial charge in [-0.2, -0.15) is 0 Å². The van der Waals surface area contributed by atoms with Crippen molar-refractivity contribution in [2.45, 2.75) is 6.04 Å². The molecule has 0 fully saturated rings. The lowest BCUT2D eigenvalue weighted by molar-refractivity contribution is 0.605. The lowest BCUT2D eigenvalue weighted by Crippen LogP contribution is -2.24. The van der Waals surface area contributed by atoms with Crippen molar-refractivity contribution in [2.75, 3.05) is 18.4 Å². The Morgan fingerprint density at radius 2 is 2.00 bits per heavy atom. The van der Waals surface area contributed by atoms with Crippen molar-refractivity contribution in [2.24, 2.45) is 0 Å². The van der Waals surface area contributed by atoms with Gasteiger partial charge >= 0.3 is 0 Å². The normalized spacial score (nSPS) is 18.3. The molecule has 0 aliphatic carbocycles. The van der Waals surface area contributed by atoms with Crippen LogP contribution in [0, 0.1) is 5.82 Å². The highest BCUT2D eigenvalue weighted by atomic mass is 35.5. The zero-order valence-corrected chi connectivity index (χ0v) is 11.0. The summed E-state index contributed by atoms with van der Waals surface area (Å²) in [6.45, 7) is 1.65. The molecular formula is C15H14ClFN2. The first kappa shape index (κ1) is 12.5. The van der Waals surface area contributed by atoms with Gasteiger partial charge in [0.2, 0.25) is 0 Å². The lowest BCUT2D eigenvalue weighted by Gasteiger charge is -2.19. The first-order valence-electron chi connectivity index (χ1n) is 6.26. The monoisotopic (exact) mass is 276 g/mol. The fourth-order valence-corrected chi connectivity index (χ4v) is 2.62. The Balaban J connectivity index is 2.09. The van der Waals surface area contributed by atoms with Gasteiger partial charge in [-0.1, -0.05) is 23.7 Å². The van der Waals surface area contributed by atoms with Crippen LogP contribution in [-0.2, 0) is 0 Å². The van der Waals surface area contributed by atoms with E-state index in [9.17, 15) is 4.39 Å². The van der Waals surface area contributed by atoms with E-state index in [0.29, 0.717) is 5.02 Å². The molecule has 0 bridgehead atoms. The Morgan fingerprint density at radius 1 is 1.11 bits per heavy atom. The van der Waals surface area contributed by atoms with Crippen LogP contribution in [0.1, 0.15) is 17.2 Å². The summed E-state index contributed by atoms with van der Waals surface area (Å²) in [7, 11) is 0. The first-order chi connectivity index (χ1) is 9.24. The van der Waals surface area contributed by atoms with Gasteiger partial charge < -0.3 is 10.6 Å². The molecule has 1 aliphatic heterocycles. The minimum atomic E-state index is -0.222. The van der Waals surface area contributed by atoms with Crippen LogP contribution < -0.4 is 10.6 Å². The molecular weight excluding hydrogens is 263 g/mol. The summed E-state index contributed by atoms with van der Waals surface area (Å²) in [5, 5.41) is 7.46. The molecule has 1 atom stereocenters. The smallest absolute Gasteiger partial charge is 0.123 e. The van der Waals surface area contributed by atoms with Crippen LogP contribution in [0.5, 0.6) is 0 Å². The van der Waals surface area contributed by atoms with Crippen LogP contribution in [-0.4, -0.2) is 13.1 Å². The molecule has 1 unspecified atom stereocenters. The zero-order valence-electron chi connectivity index (χ0n) is 10.3. The van der Waals surface area contributed by atoms with Crippen molar-refractivity contribution >= 4 is 17.3 Å². The number of hydrogen-bond donors (Lipinski definition) is 2. The Hall–Kier alpha value is -1.58. The summed E-state index contributed by atoms with van der Waals surface area (Å²) in [6, 6.07) is 12.4. The number of anilines is 1.